The van der Waals surface area contributed by atoms with Crippen LogP contribution in [0.4, 0.5) is 5.82 Å². The molecule has 4 heterocycles. The van der Waals surface area contributed by atoms with Crippen LogP contribution in [0.25, 0.3) is 5.57 Å². The minimum absolute atomic E-state index is 0.0415. The van der Waals surface area contributed by atoms with Crippen LogP contribution >= 0.6 is 0 Å². The van der Waals surface area contributed by atoms with Crippen LogP contribution in [-0.2, 0) is 9.47 Å². The first-order valence-electron chi connectivity index (χ1n) is 11.0. The molecule has 5 rings (SSSR count). The van der Waals surface area contributed by atoms with Crippen LogP contribution < -0.4 is 5.32 Å². The monoisotopic (exact) mass is 427 g/mol. The van der Waals surface area contributed by atoms with Crippen molar-refractivity contribution in [3.8, 4) is 6.07 Å². The van der Waals surface area contributed by atoms with Crippen molar-refractivity contribution < 1.29 is 9.47 Å². The molecule has 0 saturated heterocycles. The van der Waals surface area contributed by atoms with Gasteiger partial charge >= 0.3 is 0 Å². The highest BCUT2D eigenvalue weighted by atomic mass is 16.5. The molecule has 162 valence electrons. The van der Waals surface area contributed by atoms with E-state index < -0.39 is 0 Å². The summed E-state index contributed by atoms with van der Waals surface area (Å²) in [7, 11) is 1.69. The molecule has 3 atom stereocenters. The summed E-state index contributed by atoms with van der Waals surface area (Å²) < 4.78 is 11.9. The van der Waals surface area contributed by atoms with Crippen LogP contribution in [0.15, 0.2) is 63.9 Å². The highest BCUT2D eigenvalue weighted by Crippen LogP contribution is 2.44. The lowest BCUT2D eigenvalue weighted by atomic mass is 9.89. The van der Waals surface area contributed by atoms with Crippen LogP contribution in [0.1, 0.15) is 49.1 Å². The first kappa shape index (κ1) is 20.4. The van der Waals surface area contributed by atoms with Gasteiger partial charge in [-0.3, -0.25) is 4.99 Å². The predicted octanol–water partition coefficient (Wildman–Crippen LogP) is 4.64. The number of methoxy groups -OCH3 is 1. The number of anilines is 1. The van der Waals surface area contributed by atoms with Gasteiger partial charge in [0.1, 0.15) is 23.4 Å². The van der Waals surface area contributed by atoms with Gasteiger partial charge in [-0.25, -0.2) is 9.98 Å². The summed E-state index contributed by atoms with van der Waals surface area (Å²) in [6, 6.07) is 4.26. The van der Waals surface area contributed by atoms with Gasteiger partial charge in [-0.05, 0) is 42.5 Å². The summed E-state index contributed by atoms with van der Waals surface area (Å²) in [5.41, 5.74) is 3.41. The molecule has 3 unspecified atom stereocenters. The van der Waals surface area contributed by atoms with E-state index in [-0.39, 0.29) is 18.1 Å². The minimum Gasteiger partial charge on any atom is -0.463 e. The first-order valence-corrected chi connectivity index (χ1v) is 11.0. The third-order valence-corrected chi connectivity index (χ3v) is 6.15. The maximum atomic E-state index is 9.77. The largest absolute Gasteiger partial charge is 0.463 e. The molecule has 1 N–H and O–H groups in total. The van der Waals surface area contributed by atoms with Crippen molar-refractivity contribution in [1.82, 2.24) is 4.98 Å². The van der Waals surface area contributed by atoms with E-state index in [0.29, 0.717) is 11.5 Å². The van der Waals surface area contributed by atoms with Gasteiger partial charge in [0, 0.05) is 50.3 Å². The molecule has 1 aliphatic carbocycles. The third-order valence-electron chi connectivity index (χ3n) is 6.15. The zero-order valence-electron chi connectivity index (χ0n) is 18.0. The summed E-state index contributed by atoms with van der Waals surface area (Å²) in [6.45, 7) is 0. The number of aliphatic imine (C=N–C) groups is 2. The Morgan fingerprint density at radius 2 is 2.09 bits per heavy atom. The molecule has 4 aliphatic rings. The quantitative estimate of drug-likeness (QED) is 0.707. The Kier molecular flexibility index (Phi) is 5.70. The lowest BCUT2D eigenvalue weighted by Gasteiger charge is -2.25. The molecule has 0 fully saturated rings. The molecule has 0 saturated carbocycles. The zero-order valence-corrected chi connectivity index (χ0v) is 18.0. The molecule has 3 aliphatic heterocycles. The summed E-state index contributed by atoms with van der Waals surface area (Å²) in [5, 5.41) is 13.2. The van der Waals surface area contributed by atoms with E-state index in [9.17, 15) is 5.26 Å². The number of hydrogen-bond acceptors (Lipinski definition) is 7. The van der Waals surface area contributed by atoms with Crippen LogP contribution in [-0.4, -0.2) is 36.7 Å². The van der Waals surface area contributed by atoms with E-state index in [4.69, 9.17) is 9.47 Å². The fourth-order valence-electron chi connectivity index (χ4n) is 4.46. The molecule has 0 radical (unpaired) electrons. The average Bonchev–Trinajstić information content (AvgIpc) is 3.19. The van der Waals surface area contributed by atoms with E-state index in [2.05, 4.69) is 50.6 Å². The Hall–Kier alpha value is -3.50. The molecule has 0 aromatic carbocycles. The number of nitriles is 1. The first-order chi connectivity index (χ1) is 15.8. The lowest BCUT2D eigenvalue weighted by molar-refractivity contribution is 0.163. The second kappa shape index (κ2) is 8.93. The number of fused-ring (bicyclic) bond motifs is 3. The number of aromatic nitrogens is 1. The summed E-state index contributed by atoms with van der Waals surface area (Å²) in [4.78, 5) is 13.4. The fourth-order valence-corrected chi connectivity index (χ4v) is 4.46. The normalized spacial score (nSPS) is 26.2. The van der Waals surface area contributed by atoms with E-state index in [1.807, 2.05) is 18.6 Å². The molecule has 32 heavy (non-hydrogen) atoms. The Bertz CT molecular complexity index is 1140. The second-order valence-electron chi connectivity index (χ2n) is 8.20. The molecule has 1 aromatic heterocycles. The molecule has 0 amide bonds. The van der Waals surface area contributed by atoms with Gasteiger partial charge < -0.3 is 14.8 Å². The van der Waals surface area contributed by atoms with Crippen LogP contribution in [0, 0.1) is 11.3 Å². The topological polar surface area (TPSA) is 91.9 Å². The van der Waals surface area contributed by atoms with Crippen molar-refractivity contribution >= 4 is 23.8 Å². The average molecular weight is 428 g/mol. The van der Waals surface area contributed by atoms with Crippen molar-refractivity contribution in [3.05, 3.63) is 65.0 Å². The smallest absolute Gasteiger partial charge is 0.179 e. The Morgan fingerprint density at radius 3 is 2.97 bits per heavy atom. The Morgan fingerprint density at radius 1 is 1.19 bits per heavy atom. The fraction of sp³-hybridized carbons (Fsp3) is 0.360. The van der Waals surface area contributed by atoms with Gasteiger partial charge in [0.2, 0.25) is 0 Å². The van der Waals surface area contributed by atoms with Crippen molar-refractivity contribution in [3.63, 3.8) is 0 Å². The molecule has 7 heteroatoms. The van der Waals surface area contributed by atoms with E-state index >= 15 is 0 Å². The highest BCUT2D eigenvalue weighted by molar-refractivity contribution is 5.82. The van der Waals surface area contributed by atoms with E-state index in [0.717, 1.165) is 60.4 Å². The maximum Gasteiger partial charge on any atom is 0.179 e. The Labute approximate surface area is 187 Å². The van der Waals surface area contributed by atoms with Crippen molar-refractivity contribution in [2.24, 2.45) is 9.98 Å². The molecular formula is C25H25N5O2. The van der Waals surface area contributed by atoms with Crippen molar-refractivity contribution in [2.75, 3.05) is 12.4 Å². The number of nitrogens with one attached hydrogen (secondary N) is 1. The zero-order chi connectivity index (χ0) is 21.9. The van der Waals surface area contributed by atoms with Gasteiger partial charge in [0.25, 0.3) is 0 Å². The van der Waals surface area contributed by atoms with Crippen LogP contribution in [0.3, 0.4) is 0 Å². The van der Waals surface area contributed by atoms with Crippen molar-refractivity contribution in [2.45, 2.75) is 50.2 Å². The number of rotatable bonds is 4. The third kappa shape index (κ3) is 3.90. The van der Waals surface area contributed by atoms with E-state index in [1.165, 1.54) is 0 Å². The number of hydrogen-bond donors (Lipinski definition) is 1. The summed E-state index contributed by atoms with van der Waals surface area (Å²) in [5.74, 6) is 2.15. The second-order valence-corrected chi connectivity index (χ2v) is 8.20. The number of nitrogens with zero attached hydrogens (tertiary/aromatic N) is 4. The minimum atomic E-state index is -0.155. The van der Waals surface area contributed by atoms with Crippen LogP contribution in [0.5, 0.6) is 0 Å². The standard InChI is InChI=1S/C25H25N5O2/c1-31-19-9-16(12-27-14-19)17-10-20-23-22(30-25(20)29-13-17)15-28-21(11-26)24(23)32-18-7-5-3-2-4-6-8-18/h2-3,8,10,12-15,19,22-23H,4-7,9H2,1H3,(H,29,30). The molecule has 7 nitrogen and oxygen atoms in total. The highest BCUT2D eigenvalue weighted by Gasteiger charge is 2.41. The number of allylic oxidation sites excluding steroid dienone is 5. The Balaban J connectivity index is 1.49. The van der Waals surface area contributed by atoms with Gasteiger partial charge in [-0.2, -0.15) is 5.26 Å². The van der Waals surface area contributed by atoms with Crippen LogP contribution in [0.2, 0.25) is 0 Å². The van der Waals surface area contributed by atoms with Gasteiger partial charge in [0.05, 0.1) is 18.1 Å². The summed E-state index contributed by atoms with van der Waals surface area (Å²) in [6.07, 6.45) is 18.2. The summed E-state index contributed by atoms with van der Waals surface area (Å²) >= 11 is 0. The molecule has 1 aromatic rings. The van der Waals surface area contributed by atoms with E-state index in [1.54, 1.807) is 13.3 Å². The SMILES string of the molecule is COC1C=NC=C(c2cnc3c(c2)C2C(OC4=CCCC=CCC4)=C(C#N)N=CC2N3)C1. The number of pyridine rings is 1. The molecule has 0 bridgehead atoms. The van der Waals surface area contributed by atoms with Gasteiger partial charge in [-0.15, -0.1) is 0 Å². The van der Waals surface area contributed by atoms with Gasteiger partial charge in [-0.1, -0.05) is 12.2 Å². The lowest BCUT2D eigenvalue weighted by Crippen LogP contribution is -2.28. The molecular weight excluding hydrogens is 402 g/mol. The molecule has 0 spiro atoms. The van der Waals surface area contributed by atoms with Gasteiger partial charge in [0.15, 0.2) is 5.70 Å². The number of ether oxygens (including phenoxy) is 2. The maximum absolute atomic E-state index is 9.77. The predicted molar refractivity (Wildman–Crippen MR) is 124 cm³/mol. The van der Waals surface area contributed by atoms with Crippen molar-refractivity contribution in [1.29, 1.82) is 5.26 Å².